The van der Waals surface area contributed by atoms with E-state index in [1.807, 2.05) is 30.5 Å². The van der Waals surface area contributed by atoms with Crippen LogP contribution in [0, 0.1) is 23.2 Å². The quantitative estimate of drug-likeness (QED) is 0.797. The van der Waals surface area contributed by atoms with Gasteiger partial charge in [-0.15, -0.1) is 16.9 Å². The Balaban J connectivity index is 1.32. The molecule has 1 aromatic heterocycles. The molecule has 1 heterocycles. The molecule has 0 unspecified atom stereocenters. The normalized spacial score (nSPS) is 32.0. The van der Waals surface area contributed by atoms with Gasteiger partial charge in [-0.05, 0) is 86.8 Å². The second kappa shape index (κ2) is 6.12. The molecule has 0 spiro atoms. The molecule has 4 aliphatic rings. The SMILES string of the molecule is CSc1ccc(-c2nnc(NC(=O)C34CC5CC(CC(C5)C3)C4)o2)cc1. The number of rotatable bonds is 4. The molecule has 1 amide bonds. The molecule has 4 aliphatic carbocycles. The highest BCUT2D eigenvalue weighted by molar-refractivity contribution is 7.98. The number of nitrogens with zero attached hydrogens (tertiary/aromatic N) is 2. The molecule has 4 bridgehead atoms. The number of nitrogens with one attached hydrogen (secondary N) is 1. The zero-order chi connectivity index (χ0) is 17.7. The molecule has 1 aromatic carbocycles. The van der Waals surface area contributed by atoms with Crippen molar-refractivity contribution in [2.45, 2.75) is 43.4 Å². The third-order valence-electron chi connectivity index (χ3n) is 6.50. The summed E-state index contributed by atoms with van der Waals surface area (Å²) in [4.78, 5) is 14.2. The van der Waals surface area contributed by atoms with Gasteiger partial charge in [0, 0.05) is 10.5 Å². The highest BCUT2D eigenvalue weighted by atomic mass is 32.2. The van der Waals surface area contributed by atoms with E-state index in [0.29, 0.717) is 5.89 Å². The van der Waals surface area contributed by atoms with Crippen LogP contribution in [0.1, 0.15) is 38.5 Å². The lowest BCUT2D eigenvalue weighted by atomic mass is 9.49. The van der Waals surface area contributed by atoms with E-state index in [9.17, 15) is 4.79 Å². The van der Waals surface area contributed by atoms with Crippen LogP contribution in [0.3, 0.4) is 0 Å². The van der Waals surface area contributed by atoms with Gasteiger partial charge in [-0.25, -0.2) is 0 Å². The summed E-state index contributed by atoms with van der Waals surface area (Å²) in [6.07, 6.45) is 9.10. The second-order valence-corrected chi connectivity index (χ2v) is 9.17. The highest BCUT2D eigenvalue weighted by Gasteiger charge is 2.54. The van der Waals surface area contributed by atoms with Crippen molar-refractivity contribution in [1.82, 2.24) is 10.2 Å². The summed E-state index contributed by atoms with van der Waals surface area (Å²) < 4.78 is 5.72. The molecule has 5 nitrogen and oxygen atoms in total. The summed E-state index contributed by atoms with van der Waals surface area (Å²) in [5.41, 5.74) is 0.661. The van der Waals surface area contributed by atoms with Gasteiger partial charge in [0.15, 0.2) is 0 Å². The zero-order valence-electron chi connectivity index (χ0n) is 14.9. The van der Waals surface area contributed by atoms with Gasteiger partial charge in [0.2, 0.25) is 11.8 Å². The largest absolute Gasteiger partial charge is 0.403 e. The van der Waals surface area contributed by atoms with Crippen LogP contribution >= 0.6 is 11.8 Å². The Morgan fingerprint density at radius 1 is 1.08 bits per heavy atom. The molecule has 2 aromatic rings. The molecular formula is C20H23N3O2S. The molecule has 1 N–H and O–H groups in total. The van der Waals surface area contributed by atoms with Crippen molar-refractivity contribution in [3.63, 3.8) is 0 Å². The summed E-state index contributed by atoms with van der Waals surface area (Å²) in [5, 5.41) is 11.1. The first-order valence-electron chi connectivity index (χ1n) is 9.43. The molecule has 6 rings (SSSR count). The number of anilines is 1. The lowest BCUT2D eigenvalue weighted by Gasteiger charge is -2.55. The third-order valence-corrected chi connectivity index (χ3v) is 7.25. The summed E-state index contributed by atoms with van der Waals surface area (Å²) in [6, 6.07) is 8.19. The van der Waals surface area contributed by atoms with Crippen molar-refractivity contribution in [1.29, 1.82) is 0 Å². The van der Waals surface area contributed by atoms with Crippen LogP contribution in [0.4, 0.5) is 6.01 Å². The van der Waals surface area contributed by atoms with Gasteiger partial charge >= 0.3 is 6.01 Å². The van der Waals surface area contributed by atoms with Crippen molar-refractivity contribution in [2.75, 3.05) is 11.6 Å². The minimum absolute atomic E-state index is 0.0875. The molecule has 0 atom stereocenters. The maximum absolute atomic E-state index is 13.1. The van der Waals surface area contributed by atoms with E-state index in [1.165, 1.54) is 24.2 Å². The average Bonchev–Trinajstić information content (AvgIpc) is 3.09. The van der Waals surface area contributed by atoms with Crippen LogP contribution in [0.25, 0.3) is 11.5 Å². The van der Waals surface area contributed by atoms with Gasteiger partial charge in [0.25, 0.3) is 0 Å². The van der Waals surface area contributed by atoms with Crippen molar-refractivity contribution >= 4 is 23.7 Å². The van der Waals surface area contributed by atoms with Gasteiger partial charge in [-0.1, -0.05) is 5.10 Å². The smallest absolute Gasteiger partial charge is 0.322 e. The van der Waals surface area contributed by atoms with Gasteiger partial charge in [-0.3, -0.25) is 10.1 Å². The Labute approximate surface area is 157 Å². The fourth-order valence-electron chi connectivity index (χ4n) is 5.74. The molecule has 4 fully saturated rings. The molecule has 0 saturated heterocycles. The van der Waals surface area contributed by atoms with E-state index in [1.54, 1.807) is 11.8 Å². The predicted octanol–water partition coefficient (Wildman–Crippen LogP) is 4.61. The molecule has 0 radical (unpaired) electrons. The van der Waals surface area contributed by atoms with E-state index < -0.39 is 0 Å². The summed E-state index contributed by atoms with van der Waals surface area (Å²) in [7, 11) is 0. The number of amides is 1. The number of aromatic nitrogens is 2. The Morgan fingerprint density at radius 3 is 2.27 bits per heavy atom. The Morgan fingerprint density at radius 2 is 1.69 bits per heavy atom. The monoisotopic (exact) mass is 369 g/mol. The van der Waals surface area contributed by atoms with Gasteiger partial charge < -0.3 is 4.42 Å². The first kappa shape index (κ1) is 16.4. The van der Waals surface area contributed by atoms with Gasteiger partial charge in [0.05, 0.1) is 5.41 Å². The lowest BCUT2D eigenvalue weighted by molar-refractivity contribution is -0.140. The summed E-state index contributed by atoms with van der Waals surface area (Å²) >= 11 is 1.69. The number of thioether (sulfide) groups is 1. The molecule has 6 heteroatoms. The Bertz CT molecular complexity index is 795. The van der Waals surface area contributed by atoms with Crippen molar-refractivity contribution in [3.05, 3.63) is 24.3 Å². The van der Waals surface area contributed by atoms with Gasteiger partial charge in [0.1, 0.15) is 0 Å². The number of hydrogen-bond acceptors (Lipinski definition) is 5. The molecule has 26 heavy (non-hydrogen) atoms. The fourth-order valence-corrected chi connectivity index (χ4v) is 6.15. The minimum atomic E-state index is -0.205. The number of hydrogen-bond donors (Lipinski definition) is 1. The maximum atomic E-state index is 13.1. The average molecular weight is 369 g/mol. The summed E-state index contributed by atoms with van der Waals surface area (Å²) in [5.74, 6) is 2.74. The first-order chi connectivity index (χ1) is 12.6. The standard InChI is InChI=1S/C20H23N3O2S/c1-26-16-4-2-15(3-5-16)17-22-23-19(25-17)21-18(24)20-9-12-6-13(10-20)8-14(7-12)11-20/h2-5,12-14H,6-11H2,1H3,(H,21,23,24). The topological polar surface area (TPSA) is 68.0 Å². The van der Waals surface area contributed by atoms with Crippen LogP contribution in [0.5, 0.6) is 0 Å². The van der Waals surface area contributed by atoms with Gasteiger partial charge in [-0.2, -0.15) is 0 Å². The van der Waals surface area contributed by atoms with E-state index >= 15 is 0 Å². The lowest BCUT2D eigenvalue weighted by Crippen LogP contribution is -2.51. The molecular weight excluding hydrogens is 346 g/mol. The van der Waals surface area contributed by atoms with Crippen LogP contribution in [-0.4, -0.2) is 22.4 Å². The van der Waals surface area contributed by atoms with Crippen LogP contribution < -0.4 is 5.32 Å². The third kappa shape index (κ3) is 2.75. The summed E-state index contributed by atoms with van der Waals surface area (Å²) in [6.45, 7) is 0. The van der Waals surface area contributed by atoms with Crippen molar-refractivity contribution < 1.29 is 9.21 Å². The highest BCUT2D eigenvalue weighted by Crippen LogP contribution is 2.60. The number of benzene rings is 1. The van der Waals surface area contributed by atoms with Crippen LogP contribution in [-0.2, 0) is 4.79 Å². The van der Waals surface area contributed by atoms with Crippen LogP contribution in [0.15, 0.2) is 33.6 Å². The Kier molecular flexibility index (Phi) is 3.85. The molecule has 4 saturated carbocycles. The number of carbonyl (C=O) groups is 1. The molecule has 0 aliphatic heterocycles. The Hall–Kier alpha value is -1.82. The maximum Gasteiger partial charge on any atom is 0.322 e. The second-order valence-electron chi connectivity index (χ2n) is 8.29. The predicted molar refractivity (Wildman–Crippen MR) is 101 cm³/mol. The van der Waals surface area contributed by atoms with E-state index in [2.05, 4.69) is 15.5 Å². The first-order valence-corrected chi connectivity index (χ1v) is 10.7. The zero-order valence-corrected chi connectivity index (χ0v) is 15.7. The van der Waals surface area contributed by atoms with Crippen molar-refractivity contribution in [3.8, 4) is 11.5 Å². The van der Waals surface area contributed by atoms with E-state index in [4.69, 9.17) is 4.42 Å². The van der Waals surface area contributed by atoms with Crippen molar-refractivity contribution in [2.24, 2.45) is 23.2 Å². The van der Waals surface area contributed by atoms with Crippen LogP contribution in [0.2, 0.25) is 0 Å². The van der Waals surface area contributed by atoms with E-state index in [0.717, 1.165) is 42.6 Å². The fraction of sp³-hybridized carbons (Fsp3) is 0.550. The molecule has 136 valence electrons. The number of carbonyl (C=O) groups excluding carboxylic acids is 1. The minimum Gasteiger partial charge on any atom is -0.403 e. The van der Waals surface area contributed by atoms with E-state index in [-0.39, 0.29) is 17.3 Å².